The van der Waals surface area contributed by atoms with Crippen LogP contribution in [-0.4, -0.2) is 7.11 Å². The average Bonchev–Trinajstić information content (AvgIpc) is 3.05. The zero-order valence-corrected chi connectivity index (χ0v) is 10.5. The van der Waals surface area contributed by atoms with Gasteiger partial charge in [0.05, 0.1) is 5.60 Å². The molecule has 0 bridgehead atoms. The Kier molecular flexibility index (Phi) is 2.53. The zero-order valence-electron chi connectivity index (χ0n) is 10.5. The molecule has 0 atom stereocenters. The quantitative estimate of drug-likeness (QED) is 0.867. The van der Waals surface area contributed by atoms with Crippen molar-refractivity contribution in [2.75, 3.05) is 7.11 Å². The van der Waals surface area contributed by atoms with Crippen LogP contribution < -0.4 is 5.73 Å². The Hall–Kier alpha value is -0.860. The minimum atomic E-state index is -0.106. The molecule has 1 aromatic carbocycles. The molecule has 0 unspecified atom stereocenters. The van der Waals surface area contributed by atoms with Crippen LogP contribution in [0.2, 0.25) is 0 Å². The van der Waals surface area contributed by atoms with Gasteiger partial charge in [0.1, 0.15) is 0 Å². The number of benzene rings is 1. The molecule has 2 nitrogen and oxygen atoms in total. The Balaban J connectivity index is 2.05. The molecule has 3 rings (SSSR count). The SMILES string of the molecule is COC1(c2ccccc2C2(N)CCCC2)CC1. The topological polar surface area (TPSA) is 35.2 Å². The van der Waals surface area contributed by atoms with Crippen LogP contribution in [0.4, 0.5) is 0 Å². The van der Waals surface area contributed by atoms with Gasteiger partial charge in [-0.15, -0.1) is 0 Å². The lowest BCUT2D eigenvalue weighted by molar-refractivity contribution is 0.0769. The van der Waals surface area contributed by atoms with Gasteiger partial charge in [-0.3, -0.25) is 0 Å². The maximum atomic E-state index is 6.60. The molecule has 2 saturated carbocycles. The van der Waals surface area contributed by atoms with E-state index in [9.17, 15) is 0 Å². The molecule has 0 aromatic heterocycles. The van der Waals surface area contributed by atoms with E-state index in [2.05, 4.69) is 24.3 Å². The second kappa shape index (κ2) is 3.82. The lowest BCUT2D eigenvalue weighted by Crippen LogP contribution is -2.35. The zero-order chi connectivity index (χ0) is 11.9. The highest BCUT2D eigenvalue weighted by Gasteiger charge is 2.48. The van der Waals surface area contributed by atoms with Crippen LogP contribution in [0.5, 0.6) is 0 Å². The molecule has 0 radical (unpaired) electrons. The Morgan fingerprint density at radius 1 is 1.00 bits per heavy atom. The van der Waals surface area contributed by atoms with Gasteiger partial charge in [-0.25, -0.2) is 0 Å². The molecule has 0 amide bonds. The summed E-state index contributed by atoms with van der Waals surface area (Å²) in [6.07, 6.45) is 7.01. The predicted octanol–water partition coefficient (Wildman–Crippen LogP) is 3.05. The first kappa shape index (κ1) is 11.2. The summed E-state index contributed by atoms with van der Waals surface area (Å²) < 4.78 is 5.72. The number of hydrogen-bond acceptors (Lipinski definition) is 2. The van der Waals surface area contributed by atoms with Crippen molar-refractivity contribution in [3.8, 4) is 0 Å². The van der Waals surface area contributed by atoms with E-state index in [4.69, 9.17) is 10.5 Å². The molecule has 0 spiro atoms. The van der Waals surface area contributed by atoms with Crippen molar-refractivity contribution in [1.29, 1.82) is 0 Å². The van der Waals surface area contributed by atoms with Crippen molar-refractivity contribution in [3.63, 3.8) is 0 Å². The minimum absolute atomic E-state index is 0.0223. The van der Waals surface area contributed by atoms with Gasteiger partial charge in [0, 0.05) is 12.6 Å². The first-order chi connectivity index (χ1) is 8.20. The van der Waals surface area contributed by atoms with Gasteiger partial charge in [0.2, 0.25) is 0 Å². The Morgan fingerprint density at radius 3 is 2.12 bits per heavy atom. The summed E-state index contributed by atoms with van der Waals surface area (Å²) in [5.74, 6) is 0. The van der Waals surface area contributed by atoms with E-state index in [-0.39, 0.29) is 11.1 Å². The van der Waals surface area contributed by atoms with Crippen LogP contribution in [0.25, 0.3) is 0 Å². The summed E-state index contributed by atoms with van der Waals surface area (Å²) in [6, 6.07) is 8.63. The van der Waals surface area contributed by atoms with E-state index in [0.29, 0.717) is 0 Å². The molecule has 2 fully saturated rings. The molecule has 2 N–H and O–H groups in total. The molecule has 0 aliphatic heterocycles. The van der Waals surface area contributed by atoms with Gasteiger partial charge < -0.3 is 10.5 Å². The van der Waals surface area contributed by atoms with E-state index < -0.39 is 0 Å². The average molecular weight is 231 g/mol. The lowest BCUT2D eigenvalue weighted by atomic mass is 9.83. The lowest BCUT2D eigenvalue weighted by Gasteiger charge is -2.29. The normalized spacial score (nSPS) is 24.8. The third-order valence-corrected chi connectivity index (χ3v) is 4.54. The van der Waals surface area contributed by atoms with Crippen molar-refractivity contribution >= 4 is 0 Å². The van der Waals surface area contributed by atoms with Crippen molar-refractivity contribution < 1.29 is 4.74 Å². The van der Waals surface area contributed by atoms with E-state index in [1.165, 1.54) is 24.0 Å². The fourth-order valence-electron chi connectivity index (χ4n) is 3.29. The van der Waals surface area contributed by atoms with Gasteiger partial charge in [-0.1, -0.05) is 37.1 Å². The van der Waals surface area contributed by atoms with Crippen LogP contribution in [0.1, 0.15) is 49.7 Å². The standard InChI is InChI=1S/C15H21NO/c1-17-15(10-11-15)13-7-3-2-6-12(13)14(16)8-4-5-9-14/h2-3,6-7H,4-5,8-11,16H2,1H3. The Labute approximate surface area is 103 Å². The molecule has 92 valence electrons. The fraction of sp³-hybridized carbons (Fsp3) is 0.600. The molecule has 2 aliphatic rings. The molecule has 0 heterocycles. The smallest absolute Gasteiger partial charge is 0.0933 e. The summed E-state index contributed by atoms with van der Waals surface area (Å²) in [4.78, 5) is 0. The van der Waals surface area contributed by atoms with Crippen molar-refractivity contribution in [2.45, 2.75) is 49.7 Å². The summed E-state index contributed by atoms with van der Waals surface area (Å²) in [5, 5.41) is 0. The second-order valence-corrected chi connectivity index (χ2v) is 5.61. The molecule has 17 heavy (non-hydrogen) atoms. The highest BCUT2D eigenvalue weighted by atomic mass is 16.5. The van der Waals surface area contributed by atoms with Gasteiger partial charge >= 0.3 is 0 Å². The minimum Gasteiger partial charge on any atom is -0.374 e. The van der Waals surface area contributed by atoms with Crippen LogP contribution in [0.15, 0.2) is 24.3 Å². The molecule has 1 aromatic rings. The maximum Gasteiger partial charge on any atom is 0.0933 e. The highest BCUT2D eigenvalue weighted by Crippen LogP contribution is 2.52. The van der Waals surface area contributed by atoms with Crippen molar-refractivity contribution in [2.24, 2.45) is 5.73 Å². The van der Waals surface area contributed by atoms with Crippen LogP contribution in [-0.2, 0) is 15.9 Å². The van der Waals surface area contributed by atoms with Crippen LogP contribution in [0, 0.1) is 0 Å². The maximum absolute atomic E-state index is 6.60. The third-order valence-electron chi connectivity index (χ3n) is 4.54. The number of ether oxygens (including phenoxy) is 1. The molecule has 2 aliphatic carbocycles. The monoisotopic (exact) mass is 231 g/mol. The largest absolute Gasteiger partial charge is 0.374 e. The van der Waals surface area contributed by atoms with Crippen LogP contribution in [0.3, 0.4) is 0 Å². The van der Waals surface area contributed by atoms with E-state index in [1.54, 1.807) is 0 Å². The number of nitrogens with two attached hydrogens (primary N) is 1. The number of methoxy groups -OCH3 is 1. The Bertz CT molecular complexity index is 417. The Morgan fingerprint density at radius 2 is 1.59 bits per heavy atom. The first-order valence-corrected chi connectivity index (χ1v) is 6.64. The van der Waals surface area contributed by atoms with Crippen molar-refractivity contribution in [3.05, 3.63) is 35.4 Å². The summed E-state index contributed by atoms with van der Waals surface area (Å²) in [7, 11) is 1.82. The van der Waals surface area contributed by atoms with Gasteiger partial charge in [0.15, 0.2) is 0 Å². The predicted molar refractivity (Wildman–Crippen MR) is 68.7 cm³/mol. The van der Waals surface area contributed by atoms with E-state index >= 15 is 0 Å². The molecule has 0 saturated heterocycles. The summed E-state index contributed by atoms with van der Waals surface area (Å²) >= 11 is 0. The summed E-state index contributed by atoms with van der Waals surface area (Å²) in [6.45, 7) is 0. The second-order valence-electron chi connectivity index (χ2n) is 5.61. The summed E-state index contributed by atoms with van der Waals surface area (Å²) in [5.41, 5.74) is 9.15. The van der Waals surface area contributed by atoms with E-state index in [1.807, 2.05) is 7.11 Å². The number of rotatable bonds is 3. The van der Waals surface area contributed by atoms with Crippen LogP contribution >= 0.6 is 0 Å². The third kappa shape index (κ3) is 1.71. The first-order valence-electron chi connectivity index (χ1n) is 6.64. The molecular formula is C15H21NO. The molecular weight excluding hydrogens is 210 g/mol. The van der Waals surface area contributed by atoms with Gasteiger partial charge in [-0.2, -0.15) is 0 Å². The fourth-order valence-corrected chi connectivity index (χ4v) is 3.29. The number of hydrogen-bond donors (Lipinski definition) is 1. The van der Waals surface area contributed by atoms with Gasteiger partial charge in [0.25, 0.3) is 0 Å². The van der Waals surface area contributed by atoms with E-state index in [0.717, 1.165) is 25.7 Å². The molecule has 2 heteroatoms. The van der Waals surface area contributed by atoms with Crippen molar-refractivity contribution in [1.82, 2.24) is 0 Å². The van der Waals surface area contributed by atoms with Gasteiger partial charge in [-0.05, 0) is 36.8 Å². The highest BCUT2D eigenvalue weighted by molar-refractivity contribution is 5.41.